The van der Waals surface area contributed by atoms with Crippen molar-refractivity contribution in [2.24, 2.45) is 0 Å². The second-order valence-corrected chi connectivity index (χ2v) is 8.42. The van der Waals surface area contributed by atoms with Gasteiger partial charge in [0.1, 0.15) is 18.3 Å². The smallest absolute Gasteiger partial charge is 0.388 e. The minimum atomic E-state index is -5.20. The van der Waals surface area contributed by atoms with Crippen LogP contribution in [0.15, 0.2) is 21.7 Å². The minimum Gasteiger partial charge on any atom is -0.388 e. The van der Waals surface area contributed by atoms with E-state index < -0.39 is 50.2 Å². The molecule has 15 heteroatoms. The zero-order chi connectivity index (χ0) is 24.0. The van der Waals surface area contributed by atoms with Crippen LogP contribution in [0.5, 0.6) is 0 Å². The maximum atomic E-state index is 12.3. The van der Waals surface area contributed by atoms with Gasteiger partial charge in [-0.1, -0.05) is 0 Å². The van der Waals surface area contributed by atoms with E-state index in [1.807, 2.05) is 11.9 Å². The first-order valence-corrected chi connectivity index (χ1v) is 10.7. The van der Waals surface area contributed by atoms with Crippen LogP contribution < -0.4 is 11.2 Å². The summed E-state index contributed by atoms with van der Waals surface area (Å²) in [6.45, 7) is 3.05. The van der Waals surface area contributed by atoms with Gasteiger partial charge in [-0.25, -0.2) is 14.3 Å². The van der Waals surface area contributed by atoms with Crippen LogP contribution >= 0.6 is 7.82 Å². The fourth-order valence-electron chi connectivity index (χ4n) is 3.13. The van der Waals surface area contributed by atoms with Crippen LogP contribution in [0.1, 0.15) is 11.1 Å². The van der Waals surface area contributed by atoms with Gasteiger partial charge in [-0.2, -0.15) is 4.98 Å². The molecule has 2 heterocycles. The maximum absolute atomic E-state index is 12.3. The van der Waals surface area contributed by atoms with Gasteiger partial charge in [0.05, 0.1) is 17.6 Å². The molecular formula is C17H21N4O10P. The van der Waals surface area contributed by atoms with Gasteiger partial charge >= 0.3 is 13.5 Å². The number of fused-ring (bicyclic) bond motifs is 2. The van der Waals surface area contributed by atoms with E-state index in [-0.39, 0.29) is 11.5 Å². The zero-order valence-corrected chi connectivity index (χ0v) is 17.7. The quantitative estimate of drug-likeness (QED) is 0.109. The fourth-order valence-corrected chi connectivity index (χ4v) is 3.54. The second kappa shape index (κ2) is 8.77. The number of phosphoric ester groups is 1. The van der Waals surface area contributed by atoms with Crippen molar-refractivity contribution in [2.45, 2.75) is 45.0 Å². The van der Waals surface area contributed by atoms with Crippen molar-refractivity contribution in [2.75, 3.05) is 0 Å². The van der Waals surface area contributed by atoms with Gasteiger partial charge in [0.25, 0.3) is 5.56 Å². The number of benzene rings is 1. The molecule has 0 amide bonds. The van der Waals surface area contributed by atoms with E-state index in [9.17, 15) is 34.6 Å². The molecule has 0 saturated heterocycles. The van der Waals surface area contributed by atoms with Crippen LogP contribution in [0, 0.1) is 13.8 Å². The number of rotatable bonds is 7. The van der Waals surface area contributed by atoms with Crippen molar-refractivity contribution >= 4 is 18.9 Å². The van der Waals surface area contributed by atoms with Crippen LogP contribution in [-0.4, -0.2) is 74.3 Å². The van der Waals surface area contributed by atoms with Crippen molar-refractivity contribution < 1.29 is 39.3 Å². The fraction of sp³-hybridized carbons (Fsp3) is 0.412. The highest BCUT2D eigenvalue weighted by molar-refractivity contribution is 7.46. The van der Waals surface area contributed by atoms with Gasteiger partial charge in [0.2, 0.25) is 0 Å². The Morgan fingerprint density at radius 1 is 1.06 bits per heavy atom. The summed E-state index contributed by atoms with van der Waals surface area (Å²) in [5.74, 6) is -0.206. The minimum absolute atomic E-state index is 0.206. The molecule has 174 valence electrons. The van der Waals surface area contributed by atoms with E-state index in [1.54, 1.807) is 19.1 Å². The van der Waals surface area contributed by atoms with E-state index in [0.717, 1.165) is 11.1 Å². The number of aryl methyl sites for hydroxylation is 2. The highest BCUT2D eigenvalue weighted by Crippen LogP contribution is 2.38. The lowest BCUT2D eigenvalue weighted by Crippen LogP contribution is -2.46. The predicted molar refractivity (Wildman–Crippen MR) is 108 cm³/mol. The summed E-state index contributed by atoms with van der Waals surface area (Å²) in [7, 11) is -5.20. The summed E-state index contributed by atoms with van der Waals surface area (Å²) in [4.78, 5) is 51.4. The number of hydrogen-bond acceptors (Lipinski definition) is 10. The summed E-state index contributed by atoms with van der Waals surface area (Å²) in [6.07, 6.45) is -8.84. The standard InChI is InChI=1S/C17H21N4O10P/c1-6-3-8-9(4-7(6)2)21(14-11(18-8)15(25)20-17(27)19-14)5-10(22)12(23)13(24)16(26)31-32(28,29)30/h3-4,10,12-13,16,22-24,26H,5H2,1-2H3,(H,20,25,27)(H2,28,29,30)/t10-,12-,13-,16?/m1/s1. The lowest BCUT2D eigenvalue weighted by atomic mass is 10.1. The van der Waals surface area contributed by atoms with Crippen molar-refractivity contribution in [3.05, 3.63) is 44.1 Å². The molecule has 32 heavy (non-hydrogen) atoms. The average molecular weight is 472 g/mol. The Labute approximate surface area is 179 Å². The first-order valence-electron chi connectivity index (χ1n) is 9.16. The van der Waals surface area contributed by atoms with Crippen molar-refractivity contribution in [1.82, 2.24) is 19.5 Å². The lowest BCUT2D eigenvalue weighted by Gasteiger charge is -2.28. The highest BCUT2D eigenvalue weighted by Gasteiger charge is 2.35. The molecule has 7 N–H and O–H groups in total. The Morgan fingerprint density at radius 3 is 2.31 bits per heavy atom. The average Bonchev–Trinajstić information content (AvgIpc) is 2.67. The molecular weight excluding hydrogens is 451 g/mol. The predicted octanol–water partition coefficient (Wildman–Crippen LogP) is -2.29. The molecule has 0 aromatic heterocycles. The summed E-state index contributed by atoms with van der Waals surface area (Å²) < 4.78 is 16.0. The molecule has 0 saturated carbocycles. The molecule has 1 aromatic rings. The van der Waals surface area contributed by atoms with Crippen LogP contribution in [0.3, 0.4) is 0 Å². The summed E-state index contributed by atoms with van der Waals surface area (Å²) in [5.41, 5.74) is 0.294. The number of phosphoric acid groups is 1. The number of hydrogen-bond donors (Lipinski definition) is 7. The number of H-pyrrole nitrogens is 1. The summed E-state index contributed by atoms with van der Waals surface area (Å²) in [6, 6.07) is 3.33. The topological polar surface area (TPSA) is 228 Å². The first-order chi connectivity index (χ1) is 14.8. The number of aliphatic hydroxyl groups excluding tert-OH is 4. The molecule has 1 unspecified atom stereocenters. The number of aliphatic hydroxyl groups is 4. The van der Waals surface area contributed by atoms with Gasteiger partial charge in [-0.05, 0) is 37.1 Å². The molecule has 2 aliphatic rings. The monoisotopic (exact) mass is 472 g/mol. The Balaban J connectivity index is 2.08. The third kappa shape index (κ3) is 4.92. The number of nitrogens with zero attached hydrogens (tertiary/aromatic N) is 3. The van der Waals surface area contributed by atoms with Crippen LogP contribution in [0.25, 0.3) is 22.6 Å². The molecule has 2 aliphatic heterocycles. The third-order valence-corrected chi connectivity index (χ3v) is 5.37. The Kier molecular flexibility index (Phi) is 6.60. The third-order valence-electron chi connectivity index (χ3n) is 4.88. The second-order valence-electron chi connectivity index (χ2n) is 7.23. The van der Waals surface area contributed by atoms with Gasteiger partial charge in [-0.3, -0.25) is 14.3 Å². The maximum Gasteiger partial charge on any atom is 0.472 e. The van der Waals surface area contributed by atoms with Crippen molar-refractivity contribution in [3.63, 3.8) is 0 Å². The molecule has 0 radical (unpaired) electrons. The SMILES string of the molecule is Cc1cc2nc3c(=O)[nH]c(=O)nc-3n(C[C@@H](O)[C@@H](O)[C@@H](O)C(O)OP(=O)(O)O)c2cc1C. The van der Waals surface area contributed by atoms with E-state index in [1.165, 1.54) is 4.57 Å². The number of aromatic amines is 1. The van der Waals surface area contributed by atoms with Crippen LogP contribution in [0.2, 0.25) is 0 Å². The molecule has 0 fully saturated rings. The first kappa shape index (κ1) is 24.1. The number of nitrogens with one attached hydrogen (secondary N) is 1. The molecule has 1 aromatic carbocycles. The summed E-state index contributed by atoms with van der Waals surface area (Å²) >= 11 is 0. The van der Waals surface area contributed by atoms with Gasteiger partial charge in [-0.15, -0.1) is 0 Å². The molecule has 4 atom stereocenters. The molecule has 14 nitrogen and oxygen atoms in total. The Morgan fingerprint density at radius 2 is 1.69 bits per heavy atom. The largest absolute Gasteiger partial charge is 0.472 e. The molecule has 0 spiro atoms. The van der Waals surface area contributed by atoms with Crippen molar-refractivity contribution in [1.29, 1.82) is 0 Å². The molecule has 0 bridgehead atoms. The Bertz CT molecular complexity index is 1280. The number of aromatic nitrogens is 4. The highest BCUT2D eigenvalue weighted by atomic mass is 31.2. The van der Waals surface area contributed by atoms with E-state index in [0.29, 0.717) is 11.0 Å². The lowest BCUT2D eigenvalue weighted by molar-refractivity contribution is -0.172. The molecule has 3 rings (SSSR count). The van der Waals surface area contributed by atoms with E-state index in [2.05, 4.69) is 14.5 Å². The van der Waals surface area contributed by atoms with E-state index in [4.69, 9.17) is 9.79 Å². The Hall–Kier alpha value is -2.55. The van der Waals surface area contributed by atoms with Gasteiger partial charge in [0, 0.05) is 0 Å². The van der Waals surface area contributed by atoms with Crippen LogP contribution in [-0.2, 0) is 15.6 Å². The zero-order valence-electron chi connectivity index (χ0n) is 16.8. The molecule has 0 aliphatic carbocycles. The van der Waals surface area contributed by atoms with Gasteiger partial charge in [0.15, 0.2) is 17.8 Å². The normalized spacial score (nSPS) is 16.2. The van der Waals surface area contributed by atoms with Gasteiger partial charge < -0.3 is 34.8 Å². The van der Waals surface area contributed by atoms with Crippen molar-refractivity contribution in [3.8, 4) is 11.5 Å². The van der Waals surface area contributed by atoms with Crippen LogP contribution in [0.4, 0.5) is 0 Å². The summed E-state index contributed by atoms with van der Waals surface area (Å²) in [5, 5.41) is 40.2. The van der Waals surface area contributed by atoms with E-state index >= 15 is 0 Å².